The van der Waals surface area contributed by atoms with E-state index in [2.05, 4.69) is 25.1 Å². The largest absolute Gasteiger partial charge is 0.490 e. The van der Waals surface area contributed by atoms with Crippen molar-refractivity contribution >= 4 is 29.8 Å². The summed E-state index contributed by atoms with van der Waals surface area (Å²) in [5.41, 5.74) is 0.322. The number of aliphatic carboxylic acids is 1. The van der Waals surface area contributed by atoms with Crippen molar-refractivity contribution in [2.24, 2.45) is 0 Å². The Kier molecular flexibility index (Phi) is 37.5. The van der Waals surface area contributed by atoms with Gasteiger partial charge in [0.25, 0.3) is 5.91 Å². The molecule has 0 aliphatic heterocycles. The number of carboxylic acids is 1. The Balaban J connectivity index is 2.76. The third-order valence-electron chi connectivity index (χ3n) is 10.8. The summed E-state index contributed by atoms with van der Waals surface area (Å²) in [6.07, 6.45) is 31.6. The number of nitrogens with one attached hydrogen (secondary N) is 1. The van der Waals surface area contributed by atoms with Gasteiger partial charge in [-0.15, -0.1) is 0 Å². The molecule has 0 saturated carbocycles. The number of carbonyl (C=O) groups is 5. The summed E-state index contributed by atoms with van der Waals surface area (Å²) in [7, 11) is 0. The molecule has 0 spiro atoms. The minimum absolute atomic E-state index is 0.00232. The van der Waals surface area contributed by atoms with Crippen molar-refractivity contribution in [2.75, 3.05) is 46.2 Å². The van der Waals surface area contributed by atoms with E-state index < -0.39 is 11.9 Å². The Morgan fingerprint density at radius 2 is 0.708 bits per heavy atom. The van der Waals surface area contributed by atoms with Crippen LogP contribution in [0.3, 0.4) is 0 Å². The molecule has 0 saturated heterocycles. The maximum absolute atomic E-state index is 13.3. The van der Waals surface area contributed by atoms with E-state index in [0.29, 0.717) is 62.5 Å². The normalized spacial score (nSPS) is 10.7. The molecular formula is C52H83NO12. The molecule has 0 fully saturated rings. The SMILES string of the molecule is C=CC(=O)OCCCCCCCCCCCOc1cc(C(=O)NCCC(=O)O)cc(OCCCCCCCCCCCOC(=O)C=C)c1OCCCCCCCCCCCOC(=O)C=C. The summed E-state index contributed by atoms with van der Waals surface area (Å²) in [5.74, 6) is -1.12. The van der Waals surface area contributed by atoms with E-state index >= 15 is 0 Å². The molecule has 13 heteroatoms. The summed E-state index contributed by atoms with van der Waals surface area (Å²) >= 11 is 0. The van der Waals surface area contributed by atoms with Gasteiger partial charge in [-0.25, -0.2) is 14.4 Å². The number of unbranched alkanes of at least 4 members (excludes halogenated alkanes) is 24. The molecule has 2 N–H and O–H groups in total. The highest BCUT2D eigenvalue weighted by Crippen LogP contribution is 2.40. The number of benzene rings is 1. The summed E-state index contributed by atoms with van der Waals surface area (Å²) in [6, 6.07) is 3.35. The van der Waals surface area contributed by atoms with Crippen LogP contribution in [0.4, 0.5) is 0 Å². The van der Waals surface area contributed by atoms with Crippen LogP contribution >= 0.6 is 0 Å². The van der Waals surface area contributed by atoms with Crippen LogP contribution in [-0.2, 0) is 33.4 Å². The van der Waals surface area contributed by atoms with Crippen LogP contribution in [0.1, 0.15) is 190 Å². The van der Waals surface area contributed by atoms with Gasteiger partial charge in [0.2, 0.25) is 5.75 Å². The molecular weight excluding hydrogens is 831 g/mol. The third-order valence-corrected chi connectivity index (χ3v) is 10.8. The van der Waals surface area contributed by atoms with Crippen LogP contribution in [0.2, 0.25) is 0 Å². The summed E-state index contributed by atoms with van der Waals surface area (Å²) < 4.78 is 34.2. The first-order valence-corrected chi connectivity index (χ1v) is 24.7. The maximum atomic E-state index is 13.3. The molecule has 1 rings (SSSR count). The average molecular weight is 914 g/mol. The van der Waals surface area contributed by atoms with Gasteiger partial charge in [0, 0.05) is 30.3 Å². The van der Waals surface area contributed by atoms with Gasteiger partial charge in [-0.1, -0.05) is 155 Å². The minimum Gasteiger partial charge on any atom is -0.490 e. The van der Waals surface area contributed by atoms with Crippen molar-refractivity contribution in [2.45, 2.75) is 180 Å². The zero-order valence-corrected chi connectivity index (χ0v) is 39.7. The second-order valence-electron chi connectivity index (χ2n) is 16.4. The van der Waals surface area contributed by atoms with Crippen molar-refractivity contribution in [1.29, 1.82) is 0 Å². The second-order valence-corrected chi connectivity index (χ2v) is 16.4. The quantitative estimate of drug-likeness (QED) is 0.0275. The van der Waals surface area contributed by atoms with Crippen LogP contribution in [0.25, 0.3) is 0 Å². The molecule has 0 radical (unpaired) electrons. The fraction of sp³-hybridized carbons (Fsp3) is 0.673. The van der Waals surface area contributed by atoms with E-state index in [0.717, 1.165) is 173 Å². The Bertz CT molecular complexity index is 1410. The lowest BCUT2D eigenvalue weighted by Gasteiger charge is -2.19. The number of carboxylic acid groups (broad SMARTS) is 1. The lowest BCUT2D eigenvalue weighted by Crippen LogP contribution is -2.26. The number of ether oxygens (including phenoxy) is 6. The fourth-order valence-electron chi connectivity index (χ4n) is 7.01. The molecule has 0 aliphatic rings. The van der Waals surface area contributed by atoms with Gasteiger partial charge in [-0.2, -0.15) is 0 Å². The molecule has 1 aromatic rings. The number of rotatable bonds is 46. The van der Waals surface area contributed by atoms with Gasteiger partial charge >= 0.3 is 23.9 Å². The van der Waals surface area contributed by atoms with Crippen molar-refractivity contribution in [1.82, 2.24) is 5.32 Å². The molecule has 0 heterocycles. The van der Waals surface area contributed by atoms with Crippen LogP contribution in [0, 0.1) is 0 Å². The van der Waals surface area contributed by atoms with Crippen LogP contribution in [-0.4, -0.2) is 81.1 Å². The van der Waals surface area contributed by atoms with Crippen molar-refractivity contribution in [3.63, 3.8) is 0 Å². The van der Waals surface area contributed by atoms with Crippen LogP contribution < -0.4 is 19.5 Å². The molecule has 0 unspecified atom stereocenters. The molecule has 0 aliphatic carbocycles. The maximum Gasteiger partial charge on any atom is 0.330 e. The Morgan fingerprint density at radius 3 is 1.00 bits per heavy atom. The van der Waals surface area contributed by atoms with Crippen LogP contribution in [0.15, 0.2) is 50.1 Å². The molecule has 13 nitrogen and oxygen atoms in total. The number of hydrogen-bond acceptors (Lipinski definition) is 11. The number of carbonyl (C=O) groups excluding carboxylic acids is 4. The number of amides is 1. The van der Waals surface area contributed by atoms with Gasteiger partial charge in [0.15, 0.2) is 11.5 Å². The number of hydrogen-bond donors (Lipinski definition) is 2. The molecule has 368 valence electrons. The average Bonchev–Trinajstić information content (AvgIpc) is 3.30. The van der Waals surface area contributed by atoms with Gasteiger partial charge in [-0.3, -0.25) is 9.59 Å². The van der Waals surface area contributed by atoms with Crippen molar-refractivity contribution in [3.8, 4) is 17.2 Å². The summed E-state index contributed by atoms with van der Waals surface area (Å²) in [6.45, 7) is 12.9. The highest BCUT2D eigenvalue weighted by Gasteiger charge is 2.19. The molecule has 65 heavy (non-hydrogen) atoms. The Labute approximate surface area is 390 Å². The first-order chi connectivity index (χ1) is 31.7. The second kappa shape index (κ2) is 41.9. The highest BCUT2D eigenvalue weighted by atomic mass is 16.5. The van der Waals surface area contributed by atoms with Gasteiger partial charge in [0.1, 0.15) is 0 Å². The van der Waals surface area contributed by atoms with E-state index in [1.807, 2.05) is 0 Å². The van der Waals surface area contributed by atoms with E-state index in [1.54, 1.807) is 12.1 Å². The van der Waals surface area contributed by atoms with Gasteiger partial charge < -0.3 is 38.8 Å². The fourth-order valence-corrected chi connectivity index (χ4v) is 7.01. The minimum atomic E-state index is -0.990. The van der Waals surface area contributed by atoms with Gasteiger partial charge in [0.05, 0.1) is 46.1 Å². The van der Waals surface area contributed by atoms with Crippen molar-refractivity contribution in [3.05, 3.63) is 55.7 Å². The zero-order valence-electron chi connectivity index (χ0n) is 39.7. The number of esters is 3. The first-order valence-electron chi connectivity index (χ1n) is 24.7. The Hall–Kier alpha value is -4.81. The molecule has 0 atom stereocenters. The van der Waals surface area contributed by atoms with E-state index in [-0.39, 0.29) is 30.9 Å². The molecule has 0 bridgehead atoms. The predicted octanol–water partition coefficient (Wildman–Crippen LogP) is 11.7. The van der Waals surface area contributed by atoms with Gasteiger partial charge in [-0.05, 0) is 50.7 Å². The van der Waals surface area contributed by atoms with E-state index in [4.69, 9.17) is 33.5 Å². The third kappa shape index (κ3) is 34.2. The standard InChI is InChI=1S/C52H83NO12/c1-4-48(56)62-38-30-24-18-12-7-10-16-22-28-36-60-45-42-44(52(59)53-35-34-47(54)55)43-46(61-37-29-23-17-11-8-13-19-25-31-39-63-49(57)5-2)51(45)65-41-33-27-21-15-9-14-20-26-32-40-64-50(58)6-3/h4-6,42-43H,1-3,7-41H2,(H,53,59)(H,54,55). The molecule has 1 aromatic carbocycles. The summed E-state index contributed by atoms with van der Waals surface area (Å²) in [4.78, 5) is 57.9. The summed E-state index contributed by atoms with van der Waals surface area (Å²) in [5, 5.41) is 11.8. The van der Waals surface area contributed by atoms with Crippen molar-refractivity contribution < 1.29 is 57.5 Å². The molecule has 1 amide bonds. The lowest BCUT2D eigenvalue weighted by atomic mass is 10.1. The molecule has 0 aromatic heterocycles. The zero-order chi connectivity index (χ0) is 47.4. The van der Waals surface area contributed by atoms with E-state index in [9.17, 15) is 24.0 Å². The van der Waals surface area contributed by atoms with Crippen LogP contribution in [0.5, 0.6) is 17.2 Å². The predicted molar refractivity (Wildman–Crippen MR) is 256 cm³/mol. The highest BCUT2D eigenvalue weighted by molar-refractivity contribution is 5.95. The topological polar surface area (TPSA) is 173 Å². The first kappa shape index (κ1) is 58.2. The smallest absolute Gasteiger partial charge is 0.330 e. The lowest BCUT2D eigenvalue weighted by molar-refractivity contribution is -0.138. The Morgan fingerprint density at radius 1 is 0.431 bits per heavy atom. The van der Waals surface area contributed by atoms with E-state index in [1.165, 1.54) is 18.2 Å². The monoisotopic (exact) mass is 914 g/mol.